The number of rotatable bonds is 2. The number of hydroxylamine groups is 2. The molecule has 0 unspecified atom stereocenters. The summed E-state index contributed by atoms with van der Waals surface area (Å²) in [6.45, 7) is 11.4. The number of carbonyl (C=O) groups is 2. The van der Waals surface area contributed by atoms with Crippen LogP contribution in [0.1, 0.15) is 41.5 Å². The molecule has 0 aromatic rings. The second kappa shape index (κ2) is 4.47. The topological polar surface area (TPSA) is 59.1 Å². The van der Waals surface area contributed by atoms with E-state index in [1.807, 2.05) is 13.8 Å². The van der Waals surface area contributed by atoms with Gasteiger partial charge in [0.05, 0.1) is 0 Å². The van der Waals surface area contributed by atoms with Crippen LogP contribution in [0, 0.1) is 5.41 Å². The molecule has 0 radical (unpaired) electrons. The van der Waals surface area contributed by atoms with Gasteiger partial charge in [0.25, 0.3) is 5.91 Å². The number of likely N-dealkylation sites (N-methyl/N-ethyl adjacent to an activating group) is 1. The Hall–Kier alpha value is -1.56. The summed E-state index contributed by atoms with van der Waals surface area (Å²) in [6, 6.07) is 0. The third kappa shape index (κ3) is 2.04. The van der Waals surface area contributed by atoms with Gasteiger partial charge in [0.1, 0.15) is 5.66 Å². The lowest BCUT2D eigenvalue weighted by atomic mass is 9.81. The van der Waals surface area contributed by atoms with Crippen LogP contribution in [-0.2, 0) is 19.2 Å². The highest BCUT2D eigenvalue weighted by atomic mass is 16.7. The van der Waals surface area contributed by atoms with Crippen LogP contribution in [0.25, 0.3) is 0 Å². The fourth-order valence-electron chi connectivity index (χ4n) is 3.02. The number of fused-ring (bicyclic) bond motifs is 1. The van der Waals surface area contributed by atoms with Crippen LogP contribution in [0.3, 0.4) is 0 Å². The fourth-order valence-corrected chi connectivity index (χ4v) is 3.02. The third-order valence-electron chi connectivity index (χ3n) is 4.70. The van der Waals surface area contributed by atoms with Gasteiger partial charge in [-0.1, -0.05) is 25.8 Å². The van der Waals surface area contributed by atoms with Crippen LogP contribution >= 0.6 is 0 Å². The molecule has 0 spiro atoms. The van der Waals surface area contributed by atoms with Gasteiger partial charge in [-0.15, -0.1) is 0 Å². The molecule has 21 heavy (non-hydrogen) atoms. The molecule has 0 aromatic heterocycles. The maximum Gasteiger partial charge on any atom is 0.303 e. The minimum atomic E-state index is -0.869. The monoisotopic (exact) mass is 296 g/mol. The van der Waals surface area contributed by atoms with E-state index in [1.165, 1.54) is 6.92 Å². The Morgan fingerprint density at radius 3 is 2.43 bits per heavy atom. The van der Waals surface area contributed by atoms with E-state index in [2.05, 4.69) is 20.8 Å². The zero-order valence-electron chi connectivity index (χ0n) is 13.8. The van der Waals surface area contributed by atoms with Crippen LogP contribution in [0.4, 0.5) is 0 Å². The third-order valence-corrected chi connectivity index (χ3v) is 4.70. The number of carbonyl (C=O) groups excluding carboxylic acids is 2. The summed E-state index contributed by atoms with van der Waals surface area (Å²) in [7, 11) is 1.79. The molecule has 2 aliphatic rings. The van der Waals surface area contributed by atoms with Crippen LogP contribution in [0.15, 0.2) is 11.8 Å². The molecule has 1 saturated heterocycles. The number of esters is 1. The van der Waals surface area contributed by atoms with Gasteiger partial charge in [-0.05, 0) is 19.9 Å². The van der Waals surface area contributed by atoms with Crippen LogP contribution in [0.5, 0.6) is 0 Å². The fraction of sp³-hybridized carbons (Fsp3) is 0.733. The molecule has 2 heterocycles. The van der Waals surface area contributed by atoms with Gasteiger partial charge < -0.3 is 14.5 Å². The van der Waals surface area contributed by atoms with E-state index in [0.717, 1.165) is 0 Å². The van der Waals surface area contributed by atoms with Crippen molar-refractivity contribution in [3.63, 3.8) is 0 Å². The molecular weight excluding hydrogens is 272 g/mol. The minimum absolute atomic E-state index is 0.0299. The summed E-state index contributed by atoms with van der Waals surface area (Å²) in [6.07, 6.45) is 1.74. The molecule has 0 saturated carbocycles. The van der Waals surface area contributed by atoms with Crippen molar-refractivity contribution in [2.75, 3.05) is 13.7 Å². The zero-order valence-corrected chi connectivity index (χ0v) is 13.8. The van der Waals surface area contributed by atoms with E-state index < -0.39 is 11.2 Å². The highest BCUT2D eigenvalue weighted by Gasteiger charge is 2.67. The Morgan fingerprint density at radius 1 is 1.38 bits per heavy atom. The number of ether oxygens (including phenoxy) is 1. The lowest BCUT2D eigenvalue weighted by molar-refractivity contribution is -0.242. The molecular formula is C15H24N2O4. The molecule has 0 N–H and O–H groups in total. The summed E-state index contributed by atoms with van der Waals surface area (Å²) < 4.78 is 4.97. The van der Waals surface area contributed by atoms with E-state index >= 15 is 0 Å². The molecule has 2 aliphatic heterocycles. The normalized spacial score (nSPS) is 32.8. The predicted molar refractivity (Wildman–Crippen MR) is 76.7 cm³/mol. The van der Waals surface area contributed by atoms with Crippen molar-refractivity contribution in [2.24, 2.45) is 5.41 Å². The average Bonchev–Trinajstić information content (AvgIpc) is 2.76. The first-order chi connectivity index (χ1) is 9.44. The van der Waals surface area contributed by atoms with Gasteiger partial charge in [0.15, 0.2) is 17.9 Å². The SMILES string of the molecule is CC(=O)OCC1=C[C@]2(C)C(=O)N(C)[C@@](C)(C(C)(C)C)N2O1. The largest absolute Gasteiger partial charge is 0.458 e. The van der Waals surface area contributed by atoms with Crippen molar-refractivity contribution >= 4 is 11.9 Å². The maximum absolute atomic E-state index is 12.7. The van der Waals surface area contributed by atoms with Crippen LogP contribution < -0.4 is 0 Å². The van der Waals surface area contributed by atoms with E-state index in [9.17, 15) is 9.59 Å². The standard InChI is InChI=1S/C15H24N2O4/c1-10(18)20-9-11-8-14(5)12(19)16(7)15(6,13(2,3)4)17(14)21-11/h8H,9H2,1-7H3/t14-,15-/m1/s1. The smallest absolute Gasteiger partial charge is 0.303 e. The van der Waals surface area contributed by atoms with E-state index in [1.54, 1.807) is 23.1 Å². The second-order valence-electron chi connectivity index (χ2n) is 7.06. The zero-order chi connectivity index (χ0) is 16.2. The first-order valence-corrected chi connectivity index (χ1v) is 7.06. The molecule has 118 valence electrons. The Morgan fingerprint density at radius 2 is 1.95 bits per heavy atom. The Kier molecular flexibility index (Phi) is 3.36. The summed E-state index contributed by atoms with van der Waals surface area (Å²) in [4.78, 5) is 31.2. The number of hydrogen-bond donors (Lipinski definition) is 0. The molecule has 6 heteroatoms. The number of hydrogen-bond acceptors (Lipinski definition) is 5. The summed E-state index contributed by atoms with van der Waals surface area (Å²) in [5.74, 6) is 0.0844. The van der Waals surface area contributed by atoms with E-state index in [0.29, 0.717) is 5.76 Å². The molecule has 0 aromatic carbocycles. The van der Waals surface area contributed by atoms with Gasteiger partial charge in [0.2, 0.25) is 0 Å². The molecule has 6 nitrogen and oxygen atoms in total. The number of nitrogens with zero attached hydrogens (tertiary/aromatic N) is 2. The minimum Gasteiger partial charge on any atom is -0.458 e. The molecule has 0 aliphatic carbocycles. The molecule has 2 rings (SSSR count). The lowest BCUT2D eigenvalue weighted by Gasteiger charge is -2.47. The Balaban J connectivity index is 2.37. The Labute approximate surface area is 125 Å². The van der Waals surface area contributed by atoms with E-state index in [4.69, 9.17) is 9.57 Å². The lowest BCUT2D eigenvalue weighted by Crippen LogP contribution is -2.59. The van der Waals surface area contributed by atoms with Gasteiger partial charge in [-0.25, -0.2) is 0 Å². The first-order valence-electron chi connectivity index (χ1n) is 7.06. The van der Waals surface area contributed by atoms with Crippen molar-refractivity contribution in [1.82, 2.24) is 9.96 Å². The van der Waals surface area contributed by atoms with Gasteiger partial charge >= 0.3 is 5.97 Å². The predicted octanol–water partition coefficient (Wildman–Crippen LogP) is 1.67. The van der Waals surface area contributed by atoms with E-state index in [-0.39, 0.29) is 23.9 Å². The molecule has 0 bridgehead atoms. The van der Waals surface area contributed by atoms with Crippen molar-refractivity contribution in [1.29, 1.82) is 0 Å². The van der Waals surface area contributed by atoms with Gasteiger partial charge in [0, 0.05) is 19.4 Å². The molecule has 1 fully saturated rings. The Bertz CT molecular complexity index is 522. The van der Waals surface area contributed by atoms with Crippen molar-refractivity contribution < 1.29 is 19.2 Å². The van der Waals surface area contributed by atoms with Gasteiger partial charge in [-0.3, -0.25) is 9.59 Å². The summed E-state index contributed by atoms with van der Waals surface area (Å²) in [5.41, 5.74) is -1.69. The number of amides is 1. The van der Waals surface area contributed by atoms with Gasteiger partial charge in [-0.2, -0.15) is 0 Å². The quantitative estimate of drug-likeness (QED) is 0.726. The highest BCUT2D eigenvalue weighted by molar-refractivity contribution is 5.91. The molecule has 1 amide bonds. The van der Waals surface area contributed by atoms with Crippen molar-refractivity contribution in [3.05, 3.63) is 11.8 Å². The second-order valence-corrected chi connectivity index (χ2v) is 7.06. The highest BCUT2D eigenvalue weighted by Crippen LogP contribution is 2.51. The molecule has 2 atom stereocenters. The summed E-state index contributed by atoms with van der Waals surface area (Å²) >= 11 is 0. The summed E-state index contributed by atoms with van der Waals surface area (Å²) in [5, 5.41) is 1.72. The van der Waals surface area contributed by atoms with Crippen molar-refractivity contribution in [3.8, 4) is 0 Å². The maximum atomic E-state index is 12.7. The average molecular weight is 296 g/mol. The van der Waals surface area contributed by atoms with Crippen molar-refractivity contribution in [2.45, 2.75) is 52.7 Å². The van der Waals surface area contributed by atoms with Crippen LogP contribution in [-0.4, -0.2) is 46.7 Å². The first kappa shape index (κ1) is 15.8. The van der Waals surface area contributed by atoms with Crippen LogP contribution in [0.2, 0.25) is 0 Å².